The summed E-state index contributed by atoms with van der Waals surface area (Å²) < 4.78 is 0. The molecular weight excluding hydrogens is 494 g/mol. The Balaban J connectivity index is 1.35. The van der Waals surface area contributed by atoms with E-state index in [-0.39, 0.29) is 0 Å². The van der Waals surface area contributed by atoms with Crippen molar-refractivity contribution in [3.63, 3.8) is 0 Å². The maximum absolute atomic E-state index is 2.39. The lowest BCUT2D eigenvalue weighted by atomic mass is 9.95. The predicted molar refractivity (Wildman–Crippen MR) is 177 cm³/mol. The first-order valence-corrected chi connectivity index (χ1v) is 14.1. The standard InChI is InChI=1S/C40H27N/c1-2-14-32(15-3-1)41(33-24-20-30(21-25-33)35-18-8-12-28-10-4-6-16-34(28)35)39-19-9-13-31-23-26-37-36-17-7-5-11-29(36)22-27-38(37)40(31)39/h1-27H. The highest BCUT2D eigenvalue weighted by Gasteiger charge is 2.17. The molecule has 41 heavy (non-hydrogen) atoms. The maximum Gasteiger partial charge on any atom is 0.0546 e. The van der Waals surface area contributed by atoms with Crippen molar-refractivity contribution in [1.29, 1.82) is 0 Å². The number of benzene rings is 8. The van der Waals surface area contributed by atoms with Crippen LogP contribution in [0.5, 0.6) is 0 Å². The highest BCUT2D eigenvalue weighted by atomic mass is 15.1. The third-order valence-electron chi connectivity index (χ3n) is 8.23. The van der Waals surface area contributed by atoms with Crippen LogP contribution in [0.15, 0.2) is 164 Å². The van der Waals surface area contributed by atoms with E-state index in [0.717, 1.165) is 11.4 Å². The zero-order valence-corrected chi connectivity index (χ0v) is 22.5. The van der Waals surface area contributed by atoms with E-state index in [0.29, 0.717) is 0 Å². The van der Waals surface area contributed by atoms with Crippen molar-refractivity contribution >= 4 is 60.2 Å². The van der Waals surface area contributed by atoms with Crippen molar-refractivity contribution in [3.8, 4) is 11.1 Å². The van der Waals surface area contributed by atoms with Crippen LogP contribution in [-0.2, 0) is 0 Å². The van der Waals surface area contributed by atoms with Crippen LogP contribution in [-0.4, -0.2) is 0 Å². The van der Waals surface area contributed by atoms with E-state index in [2.05, 4.69) is 169 Å². The summed E-state index contributed by atoms with van der Waals surface area (Å²) in [6.45, 7) is 0. The second-order valence-corrected chi connectivity index (χ2v) is 10.6. The molecule has 0 aliphatic heterocycles. The molecule has 1 nitrogen and oxygen atoms in total. The monoisotopic (exact) mass is 521 g/mol. The van der Waals surface area contributed by atoms with Gasteiger partial charge >= 0.3 is 0 Å². The maximum atomic E-state index is 2.39. The van der Waals surface area contributed by atoms with Crippen molar-refractivity contribution < 1.29 is 0 Å². The molecule has 0 radical (unpaired) electrons. The summed E-state index contributed by atoms with van der Waals surface area (Å²) in [6, 6.07) is 59.2. The lowest BCUT2D eigenvalue weighted by molar-refractivity contribution is 1.30. The van der Waals surface area contributed by atoms with E-state index < -0.39 is 0 Å². The number of nitrogens with zero attached hydrogens (tertiary/aromatic N) is 1. The smallest absolute Gasteiger partial charge is 0.0546 e. The van der Waals surface area contributed by atoms with Crippen molar-refractivity contribution in [1.82, 2.24) is 0 Å². The Kier molecular flexibility index (Phi) is 5.53. The van der Waals surface area contributed by atoms with Gasteiger partial charge in [0.05, 0.1) is 5.69 Å². The molecule has 0 saturated carbocycles. The molecule has 0 aromatic heterocycles. The molecule has 0 amide bonds. The van der Waals surface area contributed by atoms with Crippen LogP contribution >= 0.6 is 0 Å². The number of fused-ring (bicyclic) bond motifs is 6. The summed E-state index contributed by atoms with van der Waals surface area (Å²) in [5.74, 6) is 0. The number of anilines is 3. The minimum Gasteiger partial charge on any atom is -0.310 e. The molecule has 0 spiro atoms. The fraction of sp³-hybridized carbons (Fsp3) is 0. The Morgan fingerprint density at radius 1 is 0.317 bits per heavy atom. The van der Waals surface area contributed by atoms with Gasteiger partial charge < -0.3 is 4.90 Å². The van der Waals surface area contributed by atoms with Crippen molar-refractivity contribution in [2.45, 2.75) is 0 Å². The Morgan fingerprint density at radius 3 is 1.73 bits per heavy atom. The van der Waals surface area contributed by atoms with E-state index in [1.165, 1.54) is 59.9 Å². The topological polar surface area (TPSA) is 3.24 Å². The third kappa shape index (κ3) is 3.94. The van der Waals surface area contributed by atoms with Gasteiger partial charge in [0, 0.05) is 16.8 Å². The molecule has 0 atom stereocenters. The SMILES string of the molecule is c1ccc(N(c2ccc(-c3cccc4ccccc34)cc2)c2cccc3ccc4c5ccccc5ccc4c23)cc1. The van der Waals surface area contributed by atoms with Gasteiger partial charge in [0.2, 0.25) is 0 Å². The summed E-state index contributed by atoms with van der Waals surface area (Å²) in [7, 11) is 0. The van der Waals surface area contributed by atoms with Crippen LogP contribution < -0.4 is 4.90 Å². The summed E-state index contributed by atoms with van der Waals surface area (Å²) in [6.07, 6.45) is 0. The van der Waals surface area contributed by atoms with Crippen LogP contribution in [0.4, 0.5) is 17.1 Å². The van der Waals surface area contributed by atoms with Gasteiger partial charge in [-0.1, -0.05) is 133 Å². The van der Waals surface area contributed by atoms with Gasteiger partial charge in [-0.3, -0.25) is 0 Å². The van der Waals surface area contributed by atoms with E-state index in [9.17, 15) is 0 Å². The van der Waals surface area contributed by atoms with E-state index in [4.69, 9.17) is 0 Å². The minimum absolute atomic E-state index is 1.13. The lowest BCUT2D eigenvalue weighted by Crippen LogP contribution is -2.10. The van der Waals surface area contributed by atoms with Gasteiger partial charge in [0.1, 0.15) is 0 Å². The van der Waals surface area contributed by atoms with E-state index >= 15 is 0 Å². The molecular formula is C40H27N. The molecule has 8 aromatic carbocycles. The first-order valence-electron chi connectivity index (χ1n) is 14.1. The predicted octanol–water partition coefficient (Wildman–Crippen LogP) is 11.4. The summed E-state index contributed by atoms with van der Waals surface area (Å²) in [5.41, 5.74) is 5.91. The summed E-state index contributed by atoms with van der Waals surface area (Å²) in [4.78, 5) is 2.39. The highest BCUT2D eigenvalue weighted by molar-refractivity contribution is 6.21. The Bertz CT molecular complexity index is 2190. The average molecular weight is 522 g/mol. The molecule has 0 aliphatic carbocycles. The molecule has 0 bridgehead atoms. The third-order valence-corrected chi connectivity index (χ3v) is 8.23. The first kappa shape index (κ1) is 23.5. The highest BCUT2D eigenvalue weighted by Crippen LogP contribution is 2.43. The average Bonchev–Trinajstić information content (AvgIpc) is 3.05. The quantitative estimate of drug-likeness (QED) is 0.208. The van der Waals surface area contributed by atoms with Gasteiger partial charge in [-0.15, -0.1) is 0 Å². The van der Waals surface area contributed by atoms with Crippen molar-refractivity contribution in [2.75, 3.05) is 4.90 Å². The molecule has 0 N–H and O–H groups in total. The fourth-order valence-corrected chi connectivity index (χ4v) is 6.31. The molecule has 192 valence electrons. The van der Waals surface area contributed by atoms with E-state index in [1.807, 2.05) is 0 Å². The van der Waals surface area contributed by atoms with Crippen molar-refractivity contribution in [2.24, 2.45) is 0 Å². The van der Waals surface area contributed by atoms with Crippen molar-refractivity contribution in [3.05, 3.63) is 164 Å². The normalized spacial score (nSPS) is 11.4. The lowest BCUT2D eigenvalue weighted by Gasteiger charge is -2.27. The number of rotatable bonds is 4. The molecule has 8 rings (SSSR count). The molecule has 1 heteroatoms. The summed E-state index contributed by atoms with van der Waals surface area (Å²) in [5, 5.41) is 10.1. The van der Waals surface area contributed by atoms with Gasteiger partial charge in [0.15, 0.2) is 0 Å². The molecule has 0 fully saturated rings. The molecule has 0 aliphatic rings. The Hall–Kier alpha value is -5.40. The largest absolute Gasteiger partial charge is 0.310 e. The second kappa shape index (κ2) is 9.66. The molecule has 0 heterocycles. The van der Waals surface area contributed by atoms with Gasteiger partial charge in [0.25, 0.3) is 0 Å². The van der Waals surface area contributed by atoms with Crippen LogP contribution in [0.2, 0.25) is 0 Å². The van der Waals surface area contributed by atoms with Gasteiger partial charge in [-0.2, -0.15) is 0 Å². The van der Waals surface area contributed by atoms with Crippen LogP contribution in [0.3, 0.4) is 0 Å². The number of hydrogen-bond donors (Lipinski definition) is 0. The van der Waals surface area contributed by atoms with Crippen LogP contribution in [0, 0.1) is 0 Å². The number of hydrogen-bond acceptors (Lipinski definition) is 1. The van der Waals surface area contributed by atoms with Crippen LogP contribution in [0.25, 0.3) is 54.2 Å². The minimum atomic E-state index is 1.13. The van der Waals surface area contributed by atoms with Gasteiger partial charge in [-0.25, -0.2) is 0 Å². The zero-order valence-electron chi connectivity index (χ0n) is 22.5. The zero-order chi connectivity index (χ0) is 27.2. The molecule has 0 saturated heterocycles. The fourth-order valence-electron chi connectivity index (χ4n) is 6.31. The Morgan fingerprint density at radius 2 is 0.902 bits per heavy atom. The van der Waals surface area contributed by atoms with E-state index in [1.54, 1.807) is 0 Å². The first-order chi connectivity index (χ1) is 20.3. The molecule has 0 unspecified atom stereocenters. The second-order valence-electron chi connectivity index (χ2n) is 10.6. The van der Waals surface area contributed by atoms with Crippen LogP contribution in [0.1, 0.15) is 0 Å². The summed E-state index contributed by atoms with van der Waals surface area (Å²) >= 11 is 0. The Labute approximate surface area is 239 Å². The van der Waals surface area contributed by atoms with Gasteiger partial charge in [-0.05, 0) is 79.2 Å². The number of para-hydroxylation sites is 1. The molecule has 8 aromatic rings.